The van der Waals surface area contributed by atoms with Crippen LogP contribution < -0.4 is 5.32 Å². The van der Waals surface area contributed by atoms with E-state index in [0.29, 0.717) is 11.5 Å². The minimum atomic E-state index is 0.294. The average molecular weight is 266 g/mol. The summed E-state index contributed by atoms with van der Waals surface area (Å²) in [4.78, 5) is 4.06. The molecule has 1 aromatic carbocycles. The molecule has 1 unspecified atom stereocenters. The summed E-state index contributed by atoms with van der Waals surface area (Å²) in [5.41, 5.74) is 4.62. The molecule has 1 aromatic heterocycles. The van der Waals surface area contributed by atoms with Crippen LogP contribution in [0.3, 0.4) is 0 Å². The topological polar surface area (TPSA) is 24.9 Å². The molecule has 2 nitrogen and oxygen atoms in total. The summed E-state index contributed by atoms with van der Waals surface area (Å²) in [6.45, 7) is 5.72. The van der Waals surface area contributed by atoms with E-state index < -0.39 is 0 Å². The van der Waals surface area contributed by atoms with Crippen molar-refractivity contribution in [2.75, 3.05) is 6.54 Å². The number of nitrogens with one attached hydrogen (secondary N) is 1. The van der Waals surface area contributed by atoms with E-state index in [1.807, 2.05) is 12.4 Å². The molecule has 104 valence electrons. The van der Waals surface area contributed by atoms with Crippen LogP contribution in [-0.4, -0.2) is 11.5 Å². The van der Waals surface area contributed by atoms with Gasteiger partial charge in [0.1, 0.15) is 0 Å². The van der Waals surface area contributed by atoms with Crippen LogP contribution in [0.5, 0.6) is 0 Å². The Morgan fingerprint density at radius 1 is 1.15 bits per heavy atom. The minimum absolute atomic E-state index is 0.294. The Kier molecular flexibility index (Phi) is 3.58. The zero-order valence-electron chi connectivity index (χ0n) is 12.3. The zero-order chi connectivity index (χ0) is 14.0. The first-order chi connectivity index (χ1) is 9.67. The lowest BCUT2D eigenvalue weighted by Gasteiger charge is -2.28. The smallest absolute Gasteiger partial charge is 0.0377 e. The Morgan fingerprint density at radius 2 is 1.90 bits per heavy atom. The van der Waals surface area contributed by atoms with Crippen molar-refractivity contribution < 1.29 is 0 Å². The first-order valence-electron chi connectivity index (χ1n) is 7.37. The average Bonchev–Trinajstić information content (AvgIpc) is 2.71. The third-order valence-electron chi connectivity index (χ3n) is 4.31. The highest BCUT2D eigenvalue weighted by Gasteiger charge is 2.37. The molecule has 0 radical (unpaired) electrons. The first kappa shape index (κ1) is 13.3. The maximum Gasteiger partial charge on any atom is 0.0377 e. The predicted octanol–water partition coefficient (Wildman–Crippen LogP) is 3.54. The first-order valence-corrected chi connectivity index (χ1v) is 7.37. The summed E-state index contributed by atoms with van der Waals surface area (Å²) in [6.07, 6.45) is 5.95. The largest absolute Gasteiger partial charge is 0.309 e. The van der Waals surface area contributed by atoms with Crippen LogP contribution >= 0.6 is 0 Å². The van der Waals surface area contributed by atoms with E-state index in [2.05, 4.69) is 60.5 Å². The molecule has 0 saturated carbocycles. The Morgan fingerprint density at radius 3 is 2.70 bits per heavy atom. The van der Waals surface area contributed by atoms with Crippen LogP contribution in [0.25, 0.3) is 0 Å². The van der Waals surface area contributed by atoms with Crippen molar-refractivity contribution >= 4 is 0 Å². The predicted molar refractivity (Wildman–Crippen MR) is 82.6 cm³/mol. The zero-order valence-corrected chi connectivity index (χ0v) is 12.3. The number of hydrogen-bond acceptors (Lipinski definition) is 2. The summed E-state index contributed by atoms with van der Waals surface area (Å²) < 4.78 is 0. The van der Waals surface area contributed by atoms with Crippen molar-refractivity contribution in [2.45, 2.75) is 32.7 Å². The molecule has 0 bridgehead atoms. The molecule has 0 spiro atoms. The van der Waals surface area contributed by atoms with Crippen molar-refractivity contribution in [3.05, 3.63) is 65.5 Å². The Balaban J connectivity index is 1.67. The Bertz CT molecular complexity index is 575. The van der Waals surface area contributed by atoms with E-state index in [1.165, 1.54) is 16.7 Å². The van der Waals surface area contributed by atoms with E-state index in [9.17, 15) is 0 Å². The third-order valence-corrected chi connectivity index (χ3v) is 4.31. The molecule has 3 rings (SSSR count). The fourth-order valence-electron chi connectivity index (χ4n) is 3.29. The lowest BCUT2D eigenvalue weighted by atomic mass is 9.85. The van der Waals surface area contributed by atoms with Crippen LogP contribution in [0.2, 0.25) is 0 Å². The van der Waals surface area contributed by atoms with Crippen LogP contribution in [0.15, 0.2) is 48.8 Å². The molecule has 1 heterocycles. The maximum absolute atomic E-state index is 4.06. The second-order valence-corrected chi connectivity index (χ2v) is 6.36. The van der Waals surface area contributed by atoms with E-state index in [-0.39, 0.29) is 0 Å². The lowest BCUT2D eigenvalue weighted by Crippen LogP contribution is -2.32. The molecule has 20 heavy (non-hydrogen) atoms. The normalized spacial score (nSPS) is 19.8. The summed E-state index contributed by atoms with van der Waals surface area (Å²) in [5, 5.41) is 3.76. The van der Waals surface area contributed by atoms with Gasteiger partial charge in [-0.25, -0.2) is 0 Å². The van der Waals surface area contributed by atoms with Crippen molar-refractivity contribution in [1.82, 2.24) is 10.3 Å². The van der Waals surface area contributed by atoms with Crippen molar-refractivity contribution in [3.63, 3.8) is 0 Å². The number of nitrogens with zero attached hydrogens (tertiary/aromatic N) is 1. The van der Waals surface area contributed by atoms with Crippen LogP contribution in [0.4, 0.5) is 0 Å². The van der Waals surface area contributed by atoms with Crippen LogP contribution in [0, 0.1) is 5.41 Å². The van der Waals surface area contributed by atoms with Crippen molar-refractivity contribution in [2.24, 2.45) is 5.41 Å². The molecule has 0 aliphatic heterocycles. The minimum Gasteiger partial charge on any atom is -0.309 e. The van der Waals surface area contributed by atoms with Gasteiger partial charge in [0.25, 0.3) is 0 Å². The second kappa shape index (κ2) is 5.37. The lowest BCUT2D eigenvalue weighted by molar-refractivity contribution is 0.271. The molecule has 2 heteroatoms. The van der Waals surface area contributed by atoms with E-state index in [4.69, 9.17) is 0 Å². The number of benzene rings is 1. The molecule has 1 atom stereocenters. The molecule has 1 N–H and O–H groups in total. The van der Waals surface area contributed by atoms with Gasteiger partial charge in [-0.2, -0.15) is 0 Å². The number of hydrogen-bond donors (Lipinski definition) is 1. The van der Waals surface area contributed by atoms with Gasteiger partial charge in [0.15, 0.2) is 0 Å². The van der Waals surface area contributed by atoms with E-state index in [1.54, 1.807) is 0 Å². The highest BCUT2D eigenvalue weighted by molar-refractivity contribution is 5.37. The molecule has 0 amide bonds. The fourth-order valence-corrected chi connectivity index (χ4v) is 3.29. The molecule has 0 fully saturated rings. The number of aromatic nitrogens is 1. The molecule has 0 saturated heterocycles. The summed E-state index contributed by atoms with van der Waals surface area (Å²) in [5.74, 6) is 0. The van der Waals surface area contributed by atoms with Gasteiger partial charge in [0.05, 0.1) is 0 Å². The van der Waals surface area contributed by atoms with Gasteiger partial charge in [0.2, 0.25) is 0 Å². The van der Waals surface area contributed by atoms with Gasteiger partial charge in [-0.15, -0.1) is 0 Å². The van der Waals surface area contributed by atoms with Gasteiger partial charge in [-0.3, -0.25) is 4.98 Å². The summed E-state index contributed by atoms with van der Waals surface area (Å²) in [7, 11) is 0. The van der Waals surface area contributed by atoms with Gasteiger partial charge in [-0.1, -0.05) is 38.1 Å². The van der Waals surface area contributed by atoms with Crippen LogP contribution in [0.1, 0.15) is 36.6 Å². The SMILES string of the molecule is CC1(C)Cc2ccccc2C1NCCc1ccncc1. The highest BCUT2D eigenvalue weighted by Crippen LogP contribution is 2.44. The van der Waals surface area contributed by atoms with Crippen LogP contribution in [-0.2, 0) is 12.8 Å². The monoisotopic (exact) mass is 266 g/mol. The second-order valence-electron chi connectivity index (χ2n) is 6.36. The van der Waals surface area contributed by atoms with Crippen molar-refractivity contribution in [1.29, 1.82) is 0 Å². The number of fused-ring (bicyclic) bond motifs is 1. The van der Waals surface area contributed by atoms with Gasteiger partial charge in [0, 0.05) is 18.4 Å². The molecule has 2 aromatic rings. The Labute approximate surface area is 121 Å². The standard InChI is InChI=1S/C18H22N2/c1-18(2)13-15-5-3-4-6-16(15)17(18)20-12-9-14-7-10-19-11-8-14/h3-8,10-11,17,20H,9,12-13H2,1-2H3. The summed E-state index contributed by atoms with van der Waals surface area (Å²) >= 11 is 0. The number of rotatable bonds is 4. The third kappa shape index (κ3) is 2.61. The molecule has 1 aliphatic carbocycles. The maximum atomic E-state index is 4.06. The summed E-state index contributed by atoms with van der Waals surface area (Å²) in [6, 6.07) is 13.5. The molecule has 1 aliphatic rings. The van der Waals surface area contributed by atoms with Gasteiger partial charge < -0.3 is 5.32 Å². The fraction of sp³-hybridized carbons (Fsp3) is 0.389. The van der Waals surface area contributed by atoms with E-state index >= 15 is 0 Å². The molecular weight excluding hydrogens is 244 g/mol. The molecular formula is C18H22N2. The Hall–Kier alpha value is -1.67. The van der Waals surface area contributed by atoms with E-state index in [0.717, 1.165) is 19.4 Å². The number of pyridine rings is 1. The highest BCUT2D eigenvalue weighted by atomic mass is 14.9. The van der Waals surface area contributed by atoms with Gasteiger partial charge in [-0.05, 0) is 53.6 Å². The van der Waals surface area contributed by atoms with Crippen molar-refractivity contribution in [3.8, 4) is 0 Å². The van der Waals surface area contributed by atoms with Gasteiger partial charge >= 0.3 is 0 Å². The quantitative estimate of drug-likeness (QED) is 0.915.